The van der Waals surface area contributed by atoms with Gasteiger partial charge >= 0.3 is 0 Å². The molecular weight excluding hydrogens is 228 g/mol. The summed E-state index contributed by atoms with van der Waals surface area (Å²) in [5, 5.41) is 0. The maximum atomic E-state index is 11.5. The summed E-state index contributed by atoms with van der Waals surface area (Å²) in [5.74, 6) is 1.03. The average Bonchev–Trinajstić information content (AvgIpc) is 2.36. The molecule has 0 spiro atoms. The maximum absolute atomic E-state index is 11.5. The van der Waals surface area contributed by atoms with Crippen LogP contribution in [-0.2, 0) is 13.5 Å². The highest BCUT2D eigenvalue weighted by atomic mass is 16.5. The van der Waals surface area contributed by atoms with Gasteiger partial charge in [0.15, 0.2) is 0 Å². The van der Waals surface area contributed by atoms with Crippen LogP contribution in [0, 0.1) is 6.92 Å². The second kappa shape index (κ2) is 5.04. The van der Waals surface area contributed by atoms with E-state index in [1.807, 2.05) is 18.2 Å². The normalized spacial score (nSPS) is 10.4. The van der Waals surface area contributed by atoms with Gasteiger partial charge in [0, 0.05) is 7.05 Å². The molecule has 0 saturated carbocycles. The van der Waals surface area contributed by atoms with E-state index in [2.05, 4.69) is 18.8 Å². The molecule has 1 heterocycles. The molecular formula is C14H16N2O2. The molecule has 0 aliphatic heterocycles. The van der Waals surface area contributed by atoms with E-state index in [4.69, 9.17) is 4.74 Å². The van der Waals surface area contributed by atoms with Gasteiger partial charge in [-0.2, -0.15) is 0 Å². The van der Waals surface area contributed by atoms with Crippen molar-refractivity contribution >= 4 is 0 Å². The molecule has 2 rings (SSSR count). The minimum atomic E-state index is -0.136. The lowest BCUT2D eigenvalue weighted by Crippen LogP contribution is -2.15. The first-order valence-electron chi connectivity index (χ1n) is 5.90. The Balaban J connectivity index is 2.28. The van der Waals surface area contributed by atoms with E-state index >= 15 is 0 Å². The molecule has 0 bridgehead atoms. The van der Waals surface area contributed by atoms with Crippen LogP contribution < -0.4 is 10.3 Å². The first kappa shape index (κ1) is 12.4. The molecule has 0 amide bonds. The summed E-state index contributed by atoms with van der Waals surface area (Å²) >= 11 is 0. The van der Waals surface area contributed by atoms with Crippen molar-refractivity contribution < 1.29 is 4.74 Å². The zero-order valence-corrected chi connectivity index (χ0v) is 10.8. The summed E-state index contributed by atoms with van der Waals surface area (Å²) in [6.45, 7) is 4.17. The first-order chi connectivity index (χ1) is 8.60. The Kier molecular flexibility index (Phi) is 3.46. The summed E-state index contributed by atoms with van der Waals surface area (Å²) in [5.41, 5.74) is 2.33. The van der Waals surface area contributed by atoms with Gasteiger partial charge in [-0.15, -0.1) is 0 Å². The van der Waals surface area contributed by atoms with E-state index in [0.717, 1.165) is 6.42 Å². The molecule has 0 aliphatic carbocycles. The van der Waals surface area contributed by atoms with Crippen molar-refractivity contribution in [3.63, 3.8) is 0 Å². The molecule has 0 atom stereocenters. The molecule has 0 radical (unpaired) electrons. The topological polar surface area (TPSA) is 44.1 Å². The van der Waals surface area contributed by atoms with Gasteiger partial charge in [-0.05, 0) is 36.6 Å². The van der Waals surface area contributed by atoms with Crippen LogP contribution >= 0.6 is 0 Å². The minimum absolute atomic E-state index is 0.136. The third-order valence-electron chi connectivity index (χ3n) is 2.88. The Hall–Kier alpha value is -2.10. The Labute approximate surface area is 106 Å². The van der Waals surface area contributed by atoms with E-state index in [0.29, 0.717) is 11.6 Å². The van der Waals surface area contributed by atoms with Gasteiger partial charge < -0.3 is 9.30 Å². The van der Waals surface area contributed by atoms with E-state index in [1.54, 1.807) is 7.05 Å². The van der Waals surface area contributed by atoms with Crippen LogP contribution in [0.25, 0.3) is 0 Å². The largest absolute Gasteiger partial charge is 0.439 e. The van der Waals surface area contributed by atoms with Crippen molar-refractivity contribution in [1.29, 1.82) is 0 Å². The molecule has 0 fully saturated rings. The number of aromatic nitrogens is 2. The number of hydrogen-bond donors (Lipinski definition) is 0. The highest BCUT2D eigenvalue weighted by Crippen LogP contribution is 2.21. The molecule has 1 aromatic carbocycles. The predicted molar refractivity (Wildman–Crippen MR) is 70.1 cm³/mol. The van der Waals surface area contributed by atoms with E-state index in [9.17, 15) is 4.79 Å². The zero-order chi connectivity index (χ0) is 13.1. The number of hydrogen-bond acceptors (Lipinski definition) is 3. The van der Waals surface area contributed by atoms with E-state index < -0.39 is 0 Å². The Bertz CT molecular complexity index is 617. The van der Waals surface area contributed by atoms with E-state index in [1.165, 1.54) is 28.1 Å². The average molecular weight is 244 g/mol. The summed E-state index contributed by atoms with van der Waals surface area (Å²) < 4.78 is 6.99. The van der Waals surface area contributed by atoms with Crippen LogP contribution in [0.3, 0.4) is 0 Å². The van der Waals surface area contributed by atoms with Gasteiger partial charge in [0.2, 0.25) is 5.88 Å². The fourth-order valence-corrected chi connectivity index (χ4v) is 1.71. The number of rotatable bonds is 3. The molecule has 0 aliphatic rings. The van der Waals surface area contributed by atoms with E-state index in [-0.39, 0.29) is 5.56 Å². The summed E-state index contributed by atoms with van der Waals surface area (Å²) in [6.07, 6.45) is 2.40. The molecule has 94 valence electrons. The van der Waals surface area contributed by atoms with Crippen LogP contribution in [0.5, 0.6) is 11.6 Å². The molecule has 4 nitrogen and oxygen atoms in total. The van der Waals surface area contributed by atoms with Crippen molar-refractivity contribution in [1.82, 2.24) is 9.55 Å². The van der Waals surface area contributed by atoms with Crippen molar-refractivity contribution in [3.8, 4) is 11.6 Å². The molecule has 4 heteroatoms. The highest BCUT2D eigenvalue weighted by Gasteiger charge is 2.03. The van der Waals surface area contributed by atoms with Gasteiger partial charge in [0.25, 0.3) is 5.56 Å². The fourth-order valence-electron chi connectivity index (χ4n) is 1.71. The minimum Gasteiger partial charge on any atom is -0.439 e. The quantitative estimate of drug-likeness (QED) is 0.833. The SMILES string of the molecule is CCc1cc(Oc2cc(=O)n(C)cn2)ccc1C. The second-order valence-electron chi connectivity index (χ2n) is 4.22. The standard InChI is InChI=1S/C14H16N2O2/c1-4-11-7-12(6-5-10(11)2)18-13-8-14(17)16(3)9-15-13/h5-9H,4H2,1-3H3. The molecule has 18 heavy (non-hydrogen) atoms. The Morgan fingerprint density at radius 2 is 2.11 bits per heavy atom. The number of ether oxygens (including phenoxy) is 1. The molecule has 0 N–H and O–H groups in total. The summed E-state index contributed by atoms with van der Waals surface area (Å²) in [6, 6.07) is 7.25. The Morgan fingerprint density at radius 3 is 2.78 bits per heavy atom. The van der Waals surface area contributed by atoms with Gasteiger partial charge in [0.05, 0.1) is 6.07 Å². The molecule has 1 aromatic heterocycles. The first-order valence-corrected chi connectivity index (χ1v) is 5.90. The van der Waals surface area contributed by atoms with Gasteiger partial charge in [-0.1, -0.05) is 13.0 Å². The lowest BCUT2D eigenvalue weighted by Gasteiger charge is -2.08. The van der Waals surface area contributed by atoms with Crippen LogP contribution in [-0.4, -0.2) is 9.55 Å². The van der Waals surface area contributed by atoms with Crippen LogP contribution in [0.2, 0.25) is 0 Å². The molecule has 0 saturated heterocycles. The lowest BCUT2D eigenvalue weighted by atomic mass is 10.1. The van der Waals surface area contributed by atoms with Gasteiger partial charge in [-0.3, -0.25) is 4.79 Å². The number of aryl methyl sites for hydroxylation is 3. The fraction of sp³-hybridized carbons (Fsp3) is 0.286. The lowest BCUT2D eigenvalue weighted by molar-refractivity contribution is 0.457. The molecule has 0 unspecified atom stereocenters. The predicted octanol–water partition coefficient (Wildman–Crippen LogP) is 2.44. The Morgan fingerprint density at radius 1 is 1.33 bits per heavy atom. The van der Waals surface area contributed by atoms with Gasteiger partial charge in [-0.25, -0.2) is 4.98 Å². The van der Waals surface area contributed by atoms with Crippen LogP contribution in [0.15, 0.2) is 35.4 Å². The third kappa shape index (κ3) is 2.59. The monoisotopic (exact) mass is 244 g/mol. The van der Waals surface area contributed by atoms with Crippen LogP contribution in [0.4, 0.5) is 0 Å². The van der Waals surface area contributed by atoms with Crippen molar-refractivity contribution in [2.45, 2.75) is 20.3 Å². The van der Waals surface area contributed by atoms with Crippen molar-refractivity contribution in [2.75, 3.05) is 0 Å². The summed E-state index contributed by atoms with van der Waals surface area (Å²) in [7, 11) is 1.65. The highest BCUT2D eigenvalue weighted by molar-refractivity contribution is 5.36. The third-order valence-corrected chi connectivity index (χ3v) is 2.88. The molecule has 2 aromatic rings. The number of benzene rings is 1. The summed E-state index contributed by atoms with van der Waals surface area (Å²) in [4.78, 5) is 15.5. The smallest absolute Gasteiger partial charge is 0.256 e. The van der Waals surface area contributed by atoms with Crippen LogP contribution in [0.1, 0.15) is 18.1 Å². The maximum Gasteiger partial charge on any atom is 0.256 e. The number of nitrogens with zero attached hydrogens (tertiary/aromatic N) is 2. The van der Waals surface area contributed by atoms with Gasteiger partial charge in [0.1, 0.15) is 12.1 Å². The zero-order valence-electron chi connectivity index (χ0n) is 10.8. The van der Waals surface area contributed by atoms with Crippen molar-refractivity contribution in [2.24, 2.45) is 7.05 Å². The second-order valence-corrected chi connectivity index (χ2v) is 4.22. The van der Waals surface area contributed by atoms with Crippen molar-refractivity contribution in [3.05, 3.63) is 52.1 Å².